The van der Waals surface area contributed by atoms with Crippen molar-refractivity contribution in [1.29, 1.82) is 0 Å². The summed E-state index contributed by atoms with van der Waals surface area (Å²) in [6.07, 6.45) is 0. The number of hydrogen-bond donors (Lipinski definition) is 2. The molecule has 0 fully saturated rings. The first kappa shape index (κ1) is 16.6. The van der Waals surface area contributed by atoms with Gasteiger partial charge in [0, 0.05) is 20.1 Å². The number of sulfonamides is 1. The van der Waals surface area contributed by atoms with Crippen molar-refractivity contribution in [2.24, 2.45) is 0 Å². The van der Waals surface area contributed by atoms with Crippen LogP contribution in [0.4, 0.5) is 0 Å². The van der Waals surface area contributed by atoms with Crippen LogP contribution in [0.2, 0.25) is 0 Å². The van der Waals surface area contributed by atoms with Gasteiger partial charge in [-0.2, -0.15) is 9.40 Å². The van der Waals surface area contributed by atoms with Gasteiger partial charge in [-0.05, 0) is 20.9 Å². The van der Waals surface area contributed by atoms with E-state index in [4.69, 9.17) is 5.11 Å². The Kier molecular flexibility index (Phi) is 5.26. The first-order valence-electron chi connectivity index (χ1n) is 6.08. The second kappa shape index (κ2) is 6.33. The number of nitrogens with zero attached hydrogens (tertiary/aromatic N) is 3. The molecule has 20 heavy (non-hydrogen) atoms. The van der Waals surface area contributed by atoms with Crippen LogP contribution in [0.1, 0.15) is 11.4 Å². The molecule has 1 heterocycles. The largest absolute Gasteiger partial charge is 0.480 e. The summed E-state index contributed by atoms with van der Waals surface area (Å²) in [6.45, 7) is 3.60. The lowest BCUT2D eigenvalue weighted by molar-refractivity contribution is -0.137. The van der Waals surface area contributed by atoms with Gasteiger partial charge in [0.05, 0.1) is 11.4 Å². The smallest absolute Gasteiger partial charge is 0.325 e. The minimum atomic E-state index is -3.67. The fourth-order valence-electron chi connectivity index (χ4n) is 1.88. The van der Waals surface area contributed by atoms with E-state index in [9.17, 15) is 13.2 Å². The van der Waals surface area contributed by atoms with Gasteiger partial charge in [-0.15, -0.1) is 0 Å². The van der Waals surface area contributed by atoms with Crippen molar-refractivity contribution in [2.75, 3.05) is 27.2 Å². The third kappa shape index (κ3) is 3.35. The van der Waals surface area contributed by atoms with Crippen molar-refractivity contribution < 1.29 is 18.3 Å². The molecule has 0 aliphatic rings. The molecule has 8 nitrogen and oxygen atoms in total. The summed E-state index contributed by atoms with van der Waals surface area (Å²) < 4.78 is 27.4. The highest BCUT2D eigenvalue weighted by Gasteiger charge is 2.28. The molecule has 0 spiro atoms. The molecule has 114 valence electrons. The van der Waals surface area contributed by atoms with E-state index in [-0.39, 0.29) is 11.4 Å². The molecule has 1 rings (SSSR count). The number of aryl methyl sites for hydroxylation is 1. The van der Waals surface area contributed by atoms with Gasteiger partial charge in [0.1, 0.15) is 11.4 Å². The van der Waals surface area contributed by atoms with E-state index < -0.39 is 16.0 Å². The van der Waals surface area contributed by atoms with Gasteiger partial charge in [-0.25, -0.2) is 8.42 Å². The Bertz CT molecular complexity index is 594. The predicted molar refractivity (Wildman–Crippen MR) is 73.1 cm³/mol. The maximum Gasteiger partial charge on any atom is 0.325 e. The number of carbonyl (C=O) groups is 1. The molecule has 0 aliphatic carbocycles. The molecule has 0 unspecified atom stereocenters. The van der Waals surface area contributed by atoms with Crippen LogP contribution in [0.5, 0.6) is 0 Å². The Morgan fingerprint density at radius 1 is 1.45 bits per heavy atom. The topological polar surface area (TPSA) is 105 Å². The second-order valence-electron chi connectivity index (χ2n) is 4.48. The van der Waals surface area contributed by atoms with Gasteiger partial charge in [0.25, 0.3) is 0 Å². The summed E-state index contributed by atoms with van der Waals surface area (Å²) in [5.41, 5.74) is 0.640. The van der Waals surface area contributed by atoms with E-state index >= 15 is 0 Å². The SMILES string of the molecule is CNCCN(C)S(=O)(=O)c1c(C)nn(CC(=O)O)c1C. The van der Waals surface area contributed by atoms with E-state index in [2.05, 4.69) is 10.4 Å². The molecule has 1 aromatic heterocycles. The third-order valence-electron chi connectivity index (χ3n) is 2.95. The molecular formula is C11H20N4O4S. The van der Waals surface area contributed by atoms with Crippen LogP contribution >= 0.6 is 0 Å². The van der Waals surface area contributed by atoms with Crippen LogP contribution in [-0.2, 0) is 21.4 Å². The molecule has 1 aromatic rings. The van der Waals surface area contributed by atoms with E-state index in [1.807, 2.05) is 0 Å². The predicted octanol–water partition coefficient (Wildman–Crippen LogP) is -0.576. The zero-order chi connectivity index (χ0) is 15.5. The average Bonchev–Trinajstić information content (AvgIpc) is 2.60. The molecule has 0 saturated carbocycles. The molecule has 0 aliphatic heterocycles. The first-order chi connectivity index (χ1) is 9.21. The Balaban J connectivity index is 3.18. The van der Waals surface area contributed by atoms with Gasteiger partial charge < -0.3 is 10.4 Å². The van der Waals surface area contributed by atoms with Crippen molar-refractivity contribution in [3.8, 4) is 0 Å². The lowest BCUT2D eigenvalue weighted by atomic mass is 10.4. The van der Waals surface area contributed by atoms with Crippen molar-refractivity contribution >= 4 is 16.0 Å². The molecule has 0 atom stereocenters. The molecule has 0 radical (unpaired) electrons. The van der Waals surface area contributed by atoms with Gasteiger partial charge in [0.2, 0.25) is 10.0 Å². The maximum absolute atomic E-state index is 12.5. The number of carboxylic acids is 1. The number of aromatic nitrogens is 2. The van der Waals surface area contributed by atoms with E-state index in [1.54, 1.807) is 20.9 Å². The summed E-state index contributed by atoms with van der Waals surface area (Å²) in [5.74, 6) is -1.07. The van der Waals surface area contributed by atoms with Crippen LogP contribution in [0.15, 0.2) is 4.90 Å². The summed E-state index contributed by atoms with van der Waals surface area (Å²) in [7, 11) is -0.446. The number of aliphatic carboxylic acids is 1. The third-order valence-corrected chi connectivity index (χ3v) is 5.06. The monoisotopic (exact) mass is 304 g/mol. The number of likely N-dealkylation sites (N-methyl/N-ethyl adjacent to an activating group) is 2. The number of carboxylic acid groups (broad SMARTS) is 1. The highest BCUT2D eigenvalue weighted by atomic mass is 32.2. The second-order valence-corrected chi connectivity index (χ2v) is 6.46. The molecule has 0 saturated heterocycles. The summed E-state index contributed by atoms with van der Waals surface area (Å²) >= 11 is 0. The van der Waals surface area contributed by atoms with Gasteiger partial charge in [-0.3, -0.25) is 9.48 Å². The maximum atomic E-state index is 12.5. The van der Waals surface area contributed by atoms with Gasteiger partial charge in [0.15, 0.2) is 0 Å². The van der Waals surface area contributed by atoms with Crippen LogP contribution in [-0.4, -0.2) is 60.8 Å². The highest BCUT2D eigenvalue weighted by Crippen LogP contribution is 2.22. The Labute approximate surface area is 118 Å². The normalized spacial score (nSPS) is 12.1. The molecular weight excluding hydrogens is 284 g/mol. The van der Waals surface area contributed by atoms with Gasteiger partial charge in [-0.1, -0.05) is 0 Å². The molecule has 0 bridgehead atoms. The van der Waals surface area contributed by atoms with Gasteiger partial charge >= 0.3 is 5.97 Å². The lowest BCUT2D eigenvalue weighted by Gasteiger charge is -2.17. The van der Waals surface area contributed by atoms with Crippen LogP contribution < -0.4 is 5.32 Å². The van der Waals surface area contributed by atoms with Crippen LogP contribution in [0.25, 0.3) is 0 Å². The van der Waals surface area contributed by atoms with E-state index in [0.29, 0.717) is 24.5 Å². The van der Waals surface area contributed by atoms with E-state index in [0.717, 1.165) is 0 Å². The number of nitrogens with one attached hydrogen (secondary N) is 1. The number of hydrogen-bond acceptors (Lipinski definition) is 5. The van der Waals surface area contributed by atoms with E-state index in [1.165, 1.54) is 16.0 Å². The minimum absolute atomic E-state index is 0.0809. The summed E-state index contributed by atoms with van der Waals surface area (Å²) in [4.78, 5) is 10.8. The Morgan fingerprint density at radius 2 is 2.05 bits per heavy atom. The van der Waals surface area contributed by atoms with Crippen molar-refractivity contribution in [3.63, 3.8) is 0 Å². The average molecular weight is 304 g/mol. The quantitative estimate of drug-likeness (QED) is 0.698. The Hall–Kier alpha value is -1.45. The summed E-state index contributed by atoms with van der Waals surface area (Å²) in [5, 5.41) is 15.7. The van der Waals surface area contributed by atoms with Crippen molar-refractivity contribution in [1.82, 2.24) is 19.4 Å². The van der Waals surface area contributed by atoms with Crippen molar-refractivity contribution in [2.45, 2.75) is 25.3 Å². The molecule has 0 amide bonds. The molecule has 0 aromatic carbocycles. The zero-order valence-corrected chi connectivity index (χ0v) is 12.9. The lowest BCUT2D eigenvalue weighted by Crippen LogP contribution is -2.33. The first-order valence-corrected chi connectivity index (χ1v) is 7.52. The molecule has 9 heteroatoms. The zero-order valence-electron chi connectivity index (χ0n) is 12.0. The van der Waals surface area contributed by atoms with Crippen LogP contribution in [0, 0.1) is 13.8 Å². The standard InChI is InChI=1S/C11H20N4O4S/c1-8-11(9(2)15(13-8)7-10(16)17)20(18,19)14(4)6-5-12-3/h12H,5-7H2,1-4H3,(H,16,17). The number of rotatable bonds is 7. The van der Waals surface area contributed by atoms with Crippen LogP contribution in [0.3, 0.4) is 0 Å². The Morgan fingerprint density at radius 3 is 2.55 bits per heavy atom. The summed E-state index contributed by atoms with van der Waals surface area (Å²) in [6, 6.07) is 0. The van der Waals surface area contributed by atoms with Crippen molar-refractivity contribution in [3.05, 3.63) is 11.4 Å². The fourth-order valence-corrected chi connectivity index (χ4v) is 3.42. The minimum Gasteiger partial charge on any atom is -0.480 e. The fraction of sp³-hybridized carbons (Fsp3) is 0.636. The highest BCUT2D eigenvalue weighted by molar-refractivity contribution is 7.89. The molecule has 2 N–H and O–H groups in total.